The normalized spacial score (nSPS) is 17.6. The van der Waals surface area contributed by atoms with Crippen LogP contribution >= 0.6 is 24.0 Å². The highest BCUT2D eigenvalue weighted by Gasteiger charge is 2.34. The summed E-state index contributed by atoms with van der Waals surface area (Å²) in [6, 6.07) is 13.9. The molecule has 5 rings (SSSR count). The number of carbonyl (C=O) groups excluding carboxylic acids is 1. The van der Waals surface area contributed by atoms with Gasteiger partial charge in [0.25, 0.3) is 11.5 Å². The van der Waals surface area contributed by atoms with Gasteiger partial charge in [-0.05, 0) is 48.1 Å². The van der Waals surface area contributed by atoms with Crippen LogP contribution < -0.4 is 10.5 Å². The SMILES string of the molecule is CCCC[C@H](CC)CN1C(=O)/C(=C/c2c(N3CCc4ccccc4C3)nc3ccccn3c2=O)SC1=S. The first kappa shape index (κ1) is 25.7. The van der Waals surface area contributed by atoms with Crippen molar-refractivity contribution in [2.45, 2.75) is 52.5 Å². The first-order valence-corrected chi connectivity index (χ1v) is 14.3. The molecule has 3 aromatic rings. The van der Waals surface area contributed by atoms with E-state index in [9.17, 15) is 9.59 Å². The van der Waals surface area contributed by atoms with Crippen molar-refractivity contribution in [1.29, 1.82) is 0 Å². The van der Waals surface area contributed by atoms with Crippen LogP contribution in [0.3, 0.4) is 0 Å². The molecular formula is C29H32N4O2S2. The van der Waals surface area contributed by atoms with E-state index in [1.165, 1.54) is 22.9 Å². The minimum Gasteiger partial charge on any atom is -0.351 e. The van der Waals surface area contributed by atoms with Crippen LogP contribution in [0.1, 0.15) is 56.2 Å². The molecular weight excluding hydrogens is 500 g/mol. The van der Waals surface area contributed by atoms with Gasteiger partial charge in [0.2, 0.25) is 0 Å². The van der Waals surface area contributed by atoms with Gasteiger partial charge in [-0.2, -0.15) is 0 Å². The molecule has 1 aromatic carbocycles. The molecule has 0 spiro atoms. The highest BCUT2D eigenvalue weighted by atomic mass is 32.2. The van der Waals surface area contributed by atoms with Gasteiger partial charge in [0.05, 0.1) is 10.5 Å². The maximum atomic E-state index is 13.7. The molecule has 0 aliphatic carbocycles. The Morgan fingerprint density at radius 1 is 1.11 bits per heavy atom. The number of amides is 1. The molecule has 1 atom stereocenters. The minimum absolute atomic E-state index is 0.113. The average Bonchev–Trinajstić information content (AvgIpc) is 3.19. The van der Waals surface area contributed by atoms with Crippen molar-refractivity contribution in [3.05, 3.63) is 80.6 Å². The van der Waals surface area contributed by atoms with E-state index >= 15 is 0 Å². The third-order valence-electron chi connectivity index (χ3n) is 7.31. The predicted octanol–water partition coefficient (Wildman–Crippen LogP) is 5.67. The summed E-state index contributed by atoms with van der Waals surface area (Å²) < 4.78 is 2.11. The van der Waals surface area contributed by atoms with Crippen molar-refractivity contribution >= 4 is 51.7 Å². The van der Waals surface area contributed by atoms with Crippen LogP contribution in [0.5, 0.6) is 0 Å². The van der Waals surface area contributed by atoms with Gasteiger partial charge in [0.1, 0.15) is 15.8 Å². The van der Waals surface area contributed by atoms with Crippen LogP contribution in [0.4, 0.5) is 5.82 Å². The second-order valence-electron chi connectivity index (χ2n) is 9.73. The minimum atomic E-state index is -0.181. The van der Waals surface area contributed by atoms with E-state index in [-0.39, 0.29) is 11.5 Å². The fourth-order valence-corrected chi connectivity index (χ4v) is 6.36. The number of fused-ring (bicyclic) bond motifs is 2. The number of carbonyl (C=O) groups is 1. The summed E-state index contributed by atoms with van der Waals surface area (Å²) in [5.74, 6) is 0.918. The molecule has 0 unspecified atom stereocenters. The molecule has 1 amide bonds. The molecule has 0 radical (unpaired) electrons. The Balaban J connectivity index is 1.53. The van der Waals surface area contributed by atoms with E-state index in [1.807, 2.05) is 24.3 Å². The Bertz CT molecular complexity index is 1430. The van der Waals surface area contributed by atoms with E-state index in [4.69, 9.17) is 17.2 Å². The van der Waals surface area contributed by atoms with E-state index in [1.54, 1.807) is 21.6 Å². The Morgan fingerprint density at radius 2 is 1.89 bits per heavy atom. The molecule has 0 N–H and O–H groups in total. The Hall–Kier alpha value is -2.97. The summed E-state index contributed by atoms with van der Waals surface area (Å²) in [4.78, 5) is 36.5. The van der Waals surface area contributed by atoms with E-state index in [0.29, 0.717) is 45.3 Å². The fourth-order valence-electron chi connectivity index (χ4n) is 5.10. The third kappa shape index (κ3) is 5.22. The van der Waals surface area contributed by atoms with Crippen LogP contribution in [-0.2, 0) is 17.8 Å². The lowest BCUT2D eigenvalue weighted by molar-refractivity contribution is -0.122. The molecule has 2 aromatic heterocycles. The van der Waals surface area contributed by atoms with E-state index in [2.05, 4.69) is 36.9 Å². The summed E-state index contributed by atoms with van der Waals surface area (Å²) in [5.41, 5.74) is 3.40. The van der Waals surface area contributed by atoms with Crippen molar-refractivity contribution in [3.8, 4) is 0 Å². The molecule has 2 aliphatic heterocycles. The van der Waals surface area contributed by atoms with Crippen molar-refractivity contribution in [3.63, 3.8) is 0 Å². The highest BCUT2D eigenvalue weighted by molar-refractivity contribution is 8.26. The molecule has 1 saturated heterocycles. The van der Waals surface area contributed by atoms with Crippen molar-refractivity contribution < 1.29 is 4.79 Å². The number of thioether (sulfide) groups is 1. The number of thiocarbonyl (C=S) groups is 1. The number of pyridine rings is 1. The molecule has 37 heavy (non-hydrogen) atoms. The largest absolute Gasteiger partial charge is 0.351 e. The standard InChI is InChI=1S/C29H32N4O2S2/c1-3-5-10-20(4-2)18-33-28(35)24(37-29(33)36)17-23-26(30-25-13-8-9-15-32(25)27(23)34)31-16-14-21-11-6-7-12-22(21)19-31/h6-9,11-13,15,17,20H,3-5,10,14,16,18-19H2,1-2H3/b24-17-/t20-/m0/s1. The lowest BCUT2D eigenvalue weighted by Gasteiger charge is -2.30. The maximum Gasteiger partial charge on any atom is 0.267 e. The van der Waals surface area contributed by atoms with Crippen molar-refractivity contribution in [2.24, 2.45) is 5.92 Å². The third-order valence-corrected chi connectivity index (χ3v) is 8.69. The van der Waals surface area contributed by atoms with Gasteiger partial charge in [0, 0.05) is 25.8 Å². The smallest absolute Gasteiger partial charge is 0.267 e. The van der Waals surface area contributed by atoms with E-state index < -0.39 is 0 Å². The van der Waals surface area contributed by atoms with Crippen LogP contribution in [0.15, 0.2) is 58.4 Å². The highest BCUT2D eigenvalue weighted by Crippen LogP contribution is 2.35. The van der Waals surface area contributed by atoms with Crippen molar-refractivity contribution in [2.75, 3.05) is 18.0 Å². The van der Waals surface area contributed by atoms with Gasteiger partial charge in [-0.3, -0.25) is 18.9 Å². The topological polar surface area (TPSA) is 57.9 Å². The Labute approximate surface area is 227 Å². The number of aromatic nitrogens is 2. The number of anilines is 1. The lowest BCUT2D eigenvalue weighted by Crippen LogP contribution is -2.34. The molecule has 192 valence electrons. The van der Waals surface area contributed by atoms with E-state index in [0.717, 1.165) is 38.6 Å². The van der Waals surface area contributed by atoms with Gasteiger partial charge in [0.15, 0.2) is 0 Å². The van der Waals surface area contributed by atoms with Gasteiger partial charge in [-0.15, -0.1) is 0 Å². The average molecular weight is 533 g/mol. The van der Waals surface area contributed by atoms with Crippen LogP contribution in [-0.4, -0.2) is 37.6 Å². The Morgan fingerprint density at radius 3 is 2.68 bits per heavy atom. The quantitative estimate of drug-likeness (QED) is 0.275. The van der Waals surface area contributed by atoms with Gasteiger partial charge in [-0.25, -0.2) is 4.98 Å². The zero-order valence-electron chi connectivity index (χ0n) is 21.4. The predicted molar refractivity (Wildman–Crippen MR) is 156 cm³/mol. The number of benzene rings is 1. The van der Waals surface area contributed by atoms with Crippen LogP contribution in [0, 0.1) is 5.92 Å². The number of nitrogens with zero attached hydrogens (tertiary/aromatic N) is 4. The van der Waals surface area contributed by atoms with Gasteiger partial charge in [-0.1, -0.05) is 87.4 Å². The van der Waals surface area contributed by atoms with Crippen molar-refractivity contribution in [1.82, 2.24) is 14.3 Å². The summed E-state index contributed by atoms with van der Waals surface area (Å²) >= 11 is 6.90. The fraction of sp³-hybridized carbons (Fsp3) is 0.379. The molecule has 6 nitrogen and oxygen atoms in total. The first-order chi connectivity index (χ1) is 18.0. The number of unbranched alkanes of at least 4 members (excludes halogenated alkanes) is 1. The monoisotopic (exact) mass is 532 g/mol. The second-order valence-corrected chi connectivity index (χ2v) is 11.4. The molecule has 0 saturated carbocycles. The Kier molecular flexibility index (Phi) is 7.76. The molecule has 4 heterocycles. The summed E-state index contributed by atoms with van der Waals surface area (Å²) in [6.45, 7) is 6.40. The molecule has 1 fully saturated rings. The molecule has 8 heteroatoms. The molecule has 0 bridgehead atoms. The van der Waals surface area contributed by atoms with Crippen LogP contribution in [0.25, 0.3) is 11.7 Å². The number of hydrogen-bond donors (Lipinski definition) is 0. The first-order valence-electron chi connectivity index (χ1n) is 13.1. The summed E-state index contributed by atoms with van der Waals surface area (Å²) in [7, 11) is 0. The molecule has 2 aliphatic rings. The lowest BCUT2D eigenvalue weighted by atomic mass is 9.99. The van der Waals surface area contributed by atoms with Crippen LogP contribution in [0.2, 0.25) is 0 Å². The number of hydrogen-bond acceptors (Lipinski definition) is 6. The number of rotatable bonds is 8. The zero-order chi connectivity index (χ0) is 25.9. The summed E-state index contributed by atoms with van der Waals surface area (Å²) in [6.07, 6.45) is 8.69. The zero-order valence-corrected chi connectivity index (χ0v) is 23.0. The van der Waals surface area contributed by atoms with Gasteiger partial charge >= 0.3 is 0 Å². The summed E-state index contributed by atoms with van der Waals surface area (Å²) in [5, 5.41) is 0. The maximum absolute atomic E-state index is 13.7. The van der Waals surface area contributed by atoms with Gasteiger partial charge < -0.3 is 4.90 Å². The second kappa shape index (κ2) is 11.2.